The Kier molecular flexibility index (Phi) is 4.87. The predicted molar refractivity (Wildman–Crippen MR) is 79.0 cm³/mol. The summed E-state index contributed by atoms with van der Waals surface area (Å²) in [5.41, 5.74) is 6.47. The van der Waals surface area contributed by atoms with Crippen LogP contribution in [0, 0.1) is 5.82 Å². The number of nitrogens with two attached hydrogens (primary N) is 1. The molecule has 2 aromatic rings. The van der Waals surface area contributed by atoms with Crippen LogP contribution in [-0.4, -0.2) is 18.1 Å². The molecule has 19 heavy (non-hydrogen) atoms. The van der Waals surface area contributed by atoms with E-state index in [-0.39, 0.29) is 5.82 Å². The van der Waals surface area contributed by atoms with Gasteiger partial charge in [-0.05, 0) is 65.3 Å². The molecule has 0 radical (unpaired) electrons. The molecule has 1 aromatic heterocycles. The highest BCUT2D eigenvalue weighted by Crippen LogP contribution is 2.24. The van der Waals surface area contributed by atoms with Gasteiger partial charge < -0.3 is 10.6 Å². The molecule has 2 N–H and O–H groups in total. The molecule has 2 rings (SSSR count). The van der Waals surface area contributed by atoms with E-state index in [4.69, 9.17) is 5.73 Å². The number of pyridine rings is 1. The van der Waals surface area contributed by atoms with Gasteiger partial charge in [0.05, 0.1) is 0 Å². The van der Waals surface area contributed by atoms with Crippen molar-refractivity contribution in [2.45, 2.75) is 6.42 Å². The van der Waals surface area contributed by atoms with Gasteiger partial charge >= 0.3 is 0 Å². The van der Waals surface area contributed by atoms with E-state index < -0.39 is 0 Å². The summed E-state index contributed by atoms with van der Waals surface area (Å²) in [6.07, 6.45) is 2.59. The molecule has 0 aliphatic heterocycles. The predicted octanol–water partition coefficient (Wildman–Crippen LogP) is 3.47. The third-order valence-corrected chi connectivity index (χ3v) is 3.18. The highest BCUT2D eigenvalue weighted by molar-refractivity contribution is 9.10. The van der Waals surface area contributed by atoms with Crippen molar-refractivity contribution in [1.82, 2.24) is 4.98 Å². The molecule has 0 saturated carbocycles. The summed E-state index contributed by atoms with van der Waals surface area (Å²) < 4.78 is 13.9. The zero-order valence-electron chi connectivity index (χ0n) is 10.4. The zero-order chi connectivity index (χ0) is 13.7. The molecule has 100 valence electrons. The molecule has 0 amide bonds. The van der Waals surface area contributed by atoms with Gasteiger partial charge in [0, 0.05) is 22.9 Å². The van der Waals surface area contributed by atoms with Gasteiger partial charge in [0.25, 0.3) is 0 Å². The van der Waals surface area contributed by atoms with E-state index >= 15 is 0 Å². The van der Waals surface area contributed by atoms with E-state index in [1.54, 1.807) is 18.3 Å². The molecule has 0 unspecified atom stereocenters. The van der Waals surface area contributed by atoms with Crippen molar-refractivity contribution in [3.8, 4) is 0 Å². The van der Waals surface area contributed by atoms with Crippen LogP contribution >= 0.6 is 15.9 Å². The highest BCUT2D eigenvalue weighted by atomic mass is 79.9. The summed E-state index contributed by atoms with van der Waals surface area (Å²) in [6, 6.07) is 10.2. The summed E-state index contributed by atoms with van der Waals surface area (Å²) in [5.74, 6) is 0.578. The minimum Gasteiger partial charge on any atom is -0.330 e. The second-order valence-corrected chi connectivity index (χ2v) is 5.02. The molecule has 1 aromatic carbocycles. The van der Waals surface area contributed by atoms with Gasteiger partial charge in [-0.1, -0.05) is 0 Å². The molecule has 0 aliphatic carbocycles. The smallest absolute Gasteiger partial charge is 0.132 e. The minimum absolute atomic E-state index is 0.244. The van der Waals surface area contributed by atoms with Gasteiger partial charge in [0.15, 0.2) is 0 Å². The van der Waals surface area contributed by atoms with Crippen LogP contribution in [0.4, 0.5) is 15.9 Å². The zero-order valence-corrected chi connectivity index (χ0v) is 12.0. The molecule has 0 atom stereocenters. The van der Waals surface area contributed by atoms with Crippen molar-refractivity contribution >= 4 is 27.4 Å². The quantitative estimate of drug-likeness (QED) is 0.916. The lowest BCUT2D eigenvalue weighted by Gasteiger charge is -2.23. The second kappa shape index (κ2) is 6.63. The maximum Gasteiger partial charge on any atom is 0.132 e. The highest BCUT2D eigenvalue weighted by Gasteiger charge is 2.10. The SMILES string of the molecule is NCCCN(c1ccc(F)cc1)c1ccc(Br)cn1. The topological polar surface area (TPSA) is 42.1 Å². The molecule has 0 fully saturated rings. The Morgan fingerprint density at radius 2 is 1.89 bits per heavy atom. The first-order chi connectivity index (χ1) is 9.20. The van der Waals surface area contributed by atoms with Crippen LogP contribution in [-0.2, 0) is 0 Å². The third-order valence-electron chi connectivity index (χ3n) is 2.71. The summed E-state index contributed by atoms with van der Waals surface area (Å²) >= 11 is 3.36. The lowest BCUT2D eigenvalue weighted by Crippen LogP contribution is -2.21. The Labute approximate surface area is 120 Å². The van der Waals surface area contributed by atoms with E-state index in [1.165, 1.54) is 12.1 Å². The maximum absolute atomic E-state index is 13.0. The van der Waals surface area contributed by atoms with Crippen LogP contribution in [0.25, 0.3) is 0 Å². The van der Waals surface area contributed by atoms with Crippen molar-refractivity contribution in [3.05, 3.63) is 52.9 Å². The van der Waals surface area contributed by atoms with Gasteiger partial charge in [-0.2, -0.15) is 0 Å². The van der Waals surface area contributed by atoms with E-state index in [0.29, 0.717) is 6.54 Å². The summed E-state index contributed by atoms with van der Waals surface area (Å²) in [6.45, 7) is 1.35. The second-order valence-electron chi connectivity index (χ2n) is 4.10. The van der Waals surface area contributed by atoms with Crippen molar-refractivity contribution < 1.29 is 4.39 Å². The lowest BCUT2D eigenvalue weighted by atomic mass is 10.2. The lowest BCUT2D eigenvalue weighted by molar-refractivity contribution is 0.627. The molecule has 0 spiro atoms. The van der Waals surface area contributed by atoms with E-state index in [2.05, 4.69) is 20.9 Å². The average Bonchev–Trinajstić information content (AvgIpc) is 2.43. The maximum atomic E-state index is 13.0. The number of halogens is 2. The van der Waals surface area contributed by atoms with Gasteiger partial charge in [0.2, 0.25) is 0 Å². The fourth-order valence-corrected chi connectivity index (χ4v) is 2.01. The van der Waals surface area contributed by atoms with Crippen molar-refractivity contribution in [3.63, 3.8) is 0 Å². The molecule has 1 heterocycles. The Bertz CT molecular complexity index is 468. The van der Waals surface area contributed by atoms with Crippen molar-refractivity contribution in [2.24, 2.45) is 5.73 Å². The summed E-state index contributed by atoms with van der Waals surface area (Å²) in [5, 5.41) is 0. The van der Waals surface area contributed by atoms with Crippen LogP contribution in [0.15, 0.2) is 47.1 Å². The van der Waals surface area contributed by atoms with Crippen LogP contribution < -0.4 is 10.6 Å². The molecular formula is C14H15BrFN3. The van der Waals surface area contributed by atoms with Gasteiger partial charge in [-0.15, -0.1) is 0 Å². The number of benzene rings is 1. The monoisotopic (exact) mass is 323 g/mol. The molecule has 0 aliphatic rings. The number of anilines is 2. The molecule has 3 nitrogen and oxygen atoms in total. The van der Waals surface area contributed by atoms with Crippen LogP contribution in [0.5, 0.6) is 0 Å². The number of hydrogen-bond donors (Lipinski definition) is 1. The fourth-order valence-electron chi connectivity index (χ4n) is 1.77. The standard InChI is InChI=1S/C14H15BrFN3/c15-11-2-7-14(18-10-11)19(9-1-8-17)13-5-3-12(16)4-6-13/h2-7,10H,1,8-9,17H2. The summed E-state index contributed by atoms with van der Waals surface area (Å²) in [7, 11) is 0. The Balaban J connectivity index is 2.29. The largest absolute Gasteiger partial charge is 0.330 e. The molecule has 0 saturated heterocycles. The van der Waals surface area contributed by atoms with E-state index in [9.17, 15) is 4.39 Å². The number of hydrogen-bond acceptors (Lipinski definition) is 3. The first-order valence-corrected chi connectivity index (χ1v) is 6.85. The van der Waals surface area contributed by atoms with Crippen molar-refractivity contribution in [2.75, 3.05) is 18.0 Å². The van der Waals surface area contributed by atoms with Gasteiger partial charge in [-0.3, -0.25) is 0 Å². The number of rotatable bonds is 5. The molecular weight excluding hydrogens is 309 g/mol. The van der Waals surface area contributed by atoms with Crippen LogP contribution in [0.2, 0.25) is 0 Å². The number of aromatic nitrogens is 1. The average molecular weight is 324 g/mol. The Morgan fingerprint density at radius 1 is 1.16 bits per heavy atom. The van der Waals surface area contributed by atoms with Crippen LogP contribution in [0.1, 0.15) is 6.42 Å². The molecule has 5 heteroatoms. The van der Waals surface area contributed by atoms with E-state index in [1.807, 2.05) is 17.0 Å². The minimum atomic E-state index is -0.244. The molecule has 0 bridgehead atoms. The van der Waals surface area contributed by atoms with Crippen molar-refractivity contribution in [1.29, 1.82) is 0 Å². The Morgan fingerprint density at radius 3 is 2.47 bits per heavy atom. The first kappa shape index (κ1) is 14.0. The van der Waals surface area contributed by atoms with Gasteiger partial charge in [0.1, 0.15) is 11.6 Å². The third kappa shape index (κ3) is 3.75. The van der Waals surface area contributed by atoms with Crippen LogP contribution in [0.3, 0.4) is 0 Å². The van der Waals surface area contributed by atoms with Gasteiger partial charge in [-0.25, -0.2) is 9.37 Å². The first-order valence-electron chi connectivity index (χ1n) is 6.05. The fraction of sp³-hybridized carbons (Fsp3) is 0.214. The number of nitrogens with zero attached hydrogens (tertiary/aromatic N) is 2. The summed E-state index contributed by atoms with van der Waals surface area (Å²) in [4.78, 5) is 6.40. The normalized spacial score (nSPS) is 10.5. The van der Waals surface area contributed by atoms with E-state index in [0.717, 1.165) is 28.9 Å². The Hall–Kier alpha value is -1.46.